The summed E-state index contributed by atoms with van der Waals surface area (Å²) in [4.78, 5) is 24.4. The second-order valence-corrected chi connectivity index (χ2v) is 9.80. The standard InChI is InChI=1S/C26H26FN5O3S/c1-3-28-19-5-7-22(27)21(13-19)18-14-29-26(30-15-18)32-16-24(36(2)34)20-6-4-17(12-23(20)32)25(33)31-8-10-35-11-9-31/h4-7,12-16,28H,3,8-11H2,1-2H3. The first kappa shape index (κ1) is 24.1. The number of amides is 1. The lowest BCUT2D eigenvalue weighted by Gasteiger charge is -2.26. The first-order chi connectivity index (χ1) is 17.5. The van der Waals surface area contributed by atoms with Crippen molar-refractivity contribution >= 4 is 33.3 Å². The minimum absolute atomic E-state index is 0.0839. The van der Waals surface area contributed by atoms with Crippen LogP contribution in [0.3, 0.4) is 0 Å². The van der Waals surface area contributed by atoms with Crippen molar-refractivity contribution in [1.29, 1.82) is 0 Å². The maximum absolute atomic E-state index is 14.5. The monoisotopic (exact) mass is 507 g/mol. The Hall–Kier alpha value is -3.63. The summed E-state index contributed by atoms with van der Waals surface area (Å²) in [6.07, 6.45) is 6.46. The number of nitrogens with one attached hydrogen (secondary N) is 1. The predicted octanol–water partition coefficient (Wildman–Crippen LogP) is 3.87. The lowest BCUT2D eigenvalue weighted by molar-refractivity contribution is 0.0303. The molecule has 0 aliphatic carbocycles. The largest absolute Gasteiger partial charge is 0.385 e. The Labute approximate surface area is 210 Å². The number of halogens is 1. The third-order valence-corrected chi connectivity index (χ3v) is 7.08. The van der Waals surface area contributed by atoms with Gasteiger partial charge in [-0.15, -0.1) is 0 Å². The molecule has 1 fully saturated rings. The van der Waals surface area contributed by atoms with E-state index in [-0.39, 0.29) is 11.7 Å². The number of aromatic nitrogens is 3. The zero-order chi connectivity index (χ0) is 25.2. The Balaban J connectivity index is 1.54. The molecular weight excluding hydrogens is 481 g/mol. The minimum Gasteiger partial charge on any atom is -0.385 e. The average Bonchev–Trinajstić information content (AvgIpc) is 3.29. The maximum Gasteiger partial charge on any atom is 0.254 e. The lowest BCUT2D eigenvalue weighted by atomic mass is 10.1. The number of hydrogen-bond donors (Lipinski definition) is 1. The highest BCUT2D eigenvalue weighted by atomic mass is 32.2. The van der Waals surface area contributed by atoms with Gasteiger partial charge in [-0.1, -0.05) is 6.07 Å². The van der Waals surface area contributed by atoms with Crippen molar-refractivity contribution < 1.29 is 18.1 Å². The zero-order valence-electron chi connectivity index (χ0n) is 20.0. The number of morpholine rings is 1. The SMILES string of the molecule is CCNc1ccc(F)c(-c2cnc(-n3cc(S(C)=O)c4ccc(C(=O)N5CCOCC5)cc43)nc2)c1. The molecule has 2 aromatic carbocycles. The topological polar surface area (TPSA) is 89.4 Å². The summed E-state index contributed by atoms with van der Waals surface area (Å²) in [7, 11) is -1.26. The Morgan fingerprint density at radius 3 is 2.58 bits per heavy atom. The molecule has 8 nitrogen and oxygen atoms in total. The average molecular weight is 508 g/mol. The van der Waals surface area contributed by atoms with Crippen LogP contribution >= 0.6 is 0 Å². The normalized spacial score (nSPS) is 14.7. The van der Waals surface area contributed by atoms with Crippen LogP contribution in [0.25, 0.3) is 28.0 Å². The van der Waals surface area contributed by atoms with E-state index in [1.165, 1.54) is 6.07 Å². The summed E-state index contributed by atoms with van der Waals surface area (Å²) in [6, 6.07) is 10.2. The summed E-state index contributed by atoms with van der Waals surface area (Å²) in [5.41, 5.74) is 2.94. The lowest BCUT2D eigenvalue weighted by Crippen LogP contribution is -2.40. The fourth-order valence-electron chi connectivity index (χ4n) is 4.32. The van der Waals surface area contributed by atoms with E-state index in [9.17, 15) is 13.4 Å². The third kappa shape index (κ3) is 4.61. The van der Waals surface area contributed by atoms with E-state index in [1.807, 2.05) is 13.0 Å². The van der Waals surface area contributed by atoms with Crippen molar-refractivity contribution in [2.45, 2.75) is 11.8 Å². The summed E-state index contributed by atoms with van der Waals surface area (Å²) in [6.45, 7) is 4.80. The number of anilines is 1. The van der Waals surface area contributed by atoms with Gasteiger partial charge in [0.25, 0.3) is 5.91 Å². The van der Waals surface area contributed by atoms with Gasteiger partial charge in [-0.25, -0.2) is 14.4 Å². The van der Waals surface area contributed by atoms with Gasteiger partial charge in [0, 0.05) is 72.2 Å². The van der Waals surface area contributed by atoms with Gasteiger partial charge >= 0.3 is 0 Å². The van der Waals surface area contributed by atoms with E-state index in [4.69, 9.17) is 4.74 Å². The van der Waals surface area contributed by atoms with Crippen molar-refractivity contribution in [2.24, 2.45) is 0 Å². The van der Waals surface area contributed by atoms with Crippen LogP contribution in [-0.4, -0.2) is 68.7 Å². The van der Waals surface area contributed by atoms with Gasteiger partial charge in [0.05, 0.1) is 34.4 Å². The van der Waals surface area contributed by atoms with Crippen molar-refractivity contribution in [3.63, 3.8) is 0 Å². The Morgan fingerprint density at radius 2 is 1.89 bits per heavy atom. The molecule has 3 heterocycles. The summed E-state index contributed by atoms with van der Waals surface area (Å²) < 4.78 is 34.1. The summed E-state index contributed by atoms with van der Waals surface area (Å²) in [5.74, 6) is -0.117. The number of carbonyl (C=O) groups excluding carboxylic acids is 1. The molecule has 1 atom stereocenters. The number of nitrogens with zero attached hydrogens (tertiary/aromatic N) is 4. The molecule has 1 aliphatic rings. The molecule has 10 heteroatoms. The number of hydrogen-bond acceptors (Lipinski definition) is 6. The molecule has 0 spiro atoms. The van der Waals surface area contributed by atoms with Gasteiger partial charge < -0.3 is 15.0 Å². The Kier molecular flexibility index (Phi) is 6.80. The smallest absolute Gasteiger partial charge is 0.254 e. The van der Waals surface area contributed by atoms with Gasteiger partial charge in [-0.3, -0.25) is 13.6 Å². The molecule has 1 saturated heterocycles. The second-order valence-electron chi connectivity index (χ2n) is 8.45. The fraction of sp³-hybridized carbons (Fsp3) is 0.269. The summed E-state index contributed by atoms with van der Waals surface area (Å²) in [5, 5.41) is 3.93. The van der Waals surface area contributed by atoms with E-state index in [0.717, 1.165) is 17.6 Å². The maximum atomic E-state index is 14.5. The molecule has 1 amide bonds. The fourth-order valence-corrected chi connectivity index (χ4v) is 5.05. The van der Waals surface area contributed by atoms with E-state index in [1.54, 1.807) is 58.6 Å². The summed E-state index contributed by atoms with van der Waals surface area (Å²) >= 11 is 0. The number of ether oxygens (including phenoxy) is 1. The highest BCUT2D eigenvalue weighted by Crippen LogP contribution is 2.29. The van der Waals surface area contributed by atoms with Crippen molar-refractivity contribution in [1.82, 2.24) is 19.4 Å². The van der Waals surface area contributed by atoms with Crippen molar-refractivity contribution in [3.8, 4) is 17.1 Å². The van der Waals surface area contributed by atoms with Crippen molar-refractivity contribution in [3.05, 3.63) is 66.4 Å². The minimum atomic E-state index is -1.26. The van der Waals surface area contributed by atoms with Gasteiger partial charge in [-0.2, -0.15) is 0 Å². The Morgan fingerprint density at radius 1 is 1.14 bits per heavy atom. The molecule has 1 N–H and O–H groups in total. The molecule has 1 unspecified atom stereocenters. The second kappa shape index (κ2) is 10.2. The van der Waals surface area contributed by atoms with E-state index in [0.29, 0.717) is 59.4 Å². The van der Waals surface area contributed by atoms with Gasteiger partial charge in [0.15, 0.2) is 0 Å². The third-order valence-electron chi connectivity index (χ3n) is 6.14. The van der Waals surface area contributed by atoms with Crippen LogP contribution in [0.4, 0.5) is 10.1 Å². The molecule has 5 rings (SSSR count). The molecule has 1 aliphatic heterocycles. The van der Waals surface area contributed by atoms with Crippen LogP contribution in [0.1, 0.15) is 17.3 Å². The number of carbonyl (C=O) groups is 1. The van der Waals surface area contributed by atoms with Crippen LogP contribution in [0, 0.1) is 5.82 Å². The number of rotatable bonds is 6. The molecule has 0 bridgehead atoms. The van der Waals surface area contributed by atoms with Gasteiger partial charge in [-0.05, 0) is 37.3 Å². The van der Waals surface area contributed by atoms with Gasteiger partial charge in [0.1, 0.15) is 5.82 Å². The molecule has 0 radical (unpaired) electrons. The molecule has 36 heavy (non-hydrogen) atoms. The highest BCUT2D eigenvalue weighted by molar-refractivity contribution is 7.84. The zero-order valence-corrected chi connectivity index (χ0v) is 20.8. The molecular formula is C26H26FN5O3S. The van der Waals surface area contributed by atoms with E-state index < -0.39 is 10.8 Å². The Bertz CT molecular complexity index is 1450. The highest BCUT2D eigenvalue weighted by Gasteiger charge is 2.21. The number of fused-ring (bicyclic) bond motifs is 1. The van der Waals surface area contributed by atoms with Crippen molar-refractivity contribution in [2.75, 3.05) is 44.4 Å². The van der Waals surface area contributed by atoms with Crippen LogP contribution < -0.4 is 5.32 Å². The first-order valence-corrected chi connectivity index (χ1v) is 13.2. The molecule has 186 valence electrons. The quantitative estimate of drug-likeness (QED) is 0.426. The van der Waals surface area contributed by atoms with E-state index in [2.05, 4.69) is 15.3 Å². The predicted molar refractivity (Wildman–Crippen MR) is 137 cm³/mol. The van der Waals surface area contributed by atoms with Crippen LogP contribution in [-0.2, 0) is 15.5 Å². The first-order valence-electron chi connectivity index (χ1n) is 11.7. The van der Waals surface area contributed by atoms with Gasteiger partial charge in [0.2, 0.25) is 5.95 Å². The molecule has 2 aromatic heterocycles. The van der Waals surface area contributed by atoms with E-state index >= 15 is 0 Å². The molecule has 4 aromatic rings. The van der Waals surface area contributed by atoms with Crippen LogP contribution in [0.2, 0.25) is 0 Å². The number of benzene rings is 2. The van der Waals surface area contributed by atoms with Crippen LogP contribution in [0.5, 0.6) is 0 Å². The molecule has 0 saturated carbocycles. The van der Waals surface area contributed by atoms with Crippen LogP contribution in [0.15, 0.2) is 59.9 Å².